The minimum Gasteiger partial charge on any atom is -0.340 e. The summed E-state index contributed by atoms with van der Waals surface area (Å²) in [4.78, 5) is 14.5. The van der Waals surface area contributed by atoms with Gasteiger partial charge < -0.3 is 10.2 Å². The molecule has 1 amide bonds. The Kier molecular flexibility index (Phi) is 5.04. The fourth-order valence-corrected chi connectivity index (χ4v) is 3.39. The van der Waals surface area contributed by atoms with Crippen molar-refractivity contribution in [3.63, 3.8) is 0 Å². The van der Waals surface area contributed by atoms with Crippen LogP contribution in [0.5, 0.6) is 0 Å². The van der Waals surface area contributed by atoms with E-state index in [0.717, 1.165) is 38.4 Å². The van der Waals surface area contributed by atoms with Crippen LogP contribution in [0.2, 0.25) is 0 Å². The fourth-order valence-electron chi connectivity index (χ4n) is 3.39. The molecule has 1 N–H and O–H groups in total. The molecular weight excluding hydrogens is 224 g/mol. The van der Waals surface area contributed by atoms with Crippen molar-refractivity contribution in [1.82, 2.24) is 10.2 Å². The lowest BCUT2D eigenvalue weighted by Crippen LogP contribution is -2.36. The molecular formula is C15H28N2O. The van der Waals surface area contributed by atoms with Crippen LogP contribution in [0.15, 0.2) is 0 Å². The Morgan fingerprint density at radius 3 is 2.89 bits per heavy atom. The maximum Gasteiger partial charge on any atom is 0.222 e. The van der Waals surface area contributed by atoms with Crippen LogP contribution in [0.25, 0.3) is 0 Å². The largest absolute Gasteiger partial charge is 0.340 e. The predicted molar refractivity (Wildman–Crippen MR) is 74.4 cm³/mol. The summed E-state index contributed by atoms with van der Waals surface area (Å²) in [5.41, 5.74) is 0. The van der Waals surface area contributed by atoms with Crippen LogP contribution in [-0.4, -0.2) is 36.5 Å². The second-order valence-corrected chi connectivity index (χ2v) is 6.41. The summed E-state index contributed by atoms with van der Waals surface area (Å²) in [7, 11) is 0. The Morgan fingerprint density at radius 2 is 2.22 bits per heavy atom. The lowest BCUT2D eigenvalue weighted by Gasteiger charge is -2.26. The van der Waals surface area contributed by atoms with Crippen LogP contribution in [0, 0.1) is 11.8 Å². The molecule has 2 aliphatic rings. The Balaban J connectivity index is 1.76. The van der Waals surface area contributed by atoms with Crippen LogP contribution in [0.1, 0.15) is 52.4 Å². The first-order valence-corrected chi connectivity index (χ1v) is 7.67. The Morgan fingerprint density at radius 1 is 1.39 bits per heavy atom. The van der Waals surface area contributed by atoms with Crippen molar-refractivity contribution >= 4 is 5.91 Å². The molecule has 2 heterocycles. The van der Waals surface area contributed by atoms with Gasteiger partial charge in [-0.2, -0.15) is 0 Å². The number of nitrogens with one attached hydrogen (secondary N) is 1. The maximum absolute atomic E-state index is 12.3. The third-order valence-electron chi connectivity index (χ3n) is 4.37. The first-order chi connectivity index (χ1) is 8.66. The van der Waals surface area contributed by atoms with E-state index in [-0.39, 0.29) is 0 Å². The third-order valence-corrected chi connectivity index (χ3v) is 4.37. The predicted octanol–water partition coefficient (Wildman–Crippen LogP) is 2.41. The summed E-state index contributed by atoms with van der Waals surface area (Å²) in [6.07, 6.45) is 6.69. The highest BCUT2D eigenvalue weighted by Crippen LogP contribution is 2.25. The molecule has 18 heavy (non-hydrogen) atoms. The van der Waals surface area contributed by atoms with Crippen LogP contribution in [0.3, 0.4) is 0 Å². The topological polar surface area (TPSA) is 32.3 Å². The SMILES string of the molecule is CC(C)CC1CCCN1C(=O)CCC1CCNC1. The van der Waals surface area contributed by atoms with Crippen molar-refractivity contribution in [3.8, 4) is 0 Å². The summed E-state index contributed by atoms with van der Waals surface area (Å²) in [6, 6.07) is 0.527. The van der Waals surface area contributed by atoms with Crippen molar-refractivity contribution in [2.45, 2.75) is 58.4 Å². The first-order valence-electron chi connectivity index (χ1n) is 7.67. The summed E-state index contributed by atoms with van der Waals surface area (Å²) in [5.74, 6) is 1.84. The third kappa shape index (κ3) is 3.71. The van der Waals surface area contributed by atoms with Crippen LogP contribution in [0.4, 0.5) is 0 Å². The molecule has 3 nitrogen and oxygen atoms in total. The van der Waals surface area contributed by atoms with Gasteiger partial charge in [0, 0.05) is 19.0 Å². The fraction of sp³-hybridized carbons (Fsp3) is 0.933. The molecule has 0 saturated carbocycles. The number of nitrogens with zero attached hydrogens (tertiary/aromatic N) is 1. The van der Waals surface area contributed by atoms with Crippen LogP contribution in [-0.2, 0) is 4.79 Å². The minimum atomic E-state index is 0.407. The van der Waals surface area contributed by atoms with Gasteiger partial charge in [0.05, 0.1) is 0 Å². The number of carbonyl (C=O) groups is 1. The lowest BCUT2D eigenvalue weighted by molar-refractivity contribution is -0.132. The van der Waals surface area contributed by atoms with Gasteiger partial charge in [0.25, 0.3) is 0 Å². The van der Waals surface area contributed by atoms with E-state index in [0.29, 0.717) is 17.9 Å². The highest BCUT2D eigenvalue weighted by molar-refractivity contribution is 5.76. The summed E-state index contributed by atoms with van der Waals surface area (Å²) < 4.78 is 0. The standard InChI is InChI=1S/C15H28N2O/c1-12(2)10-14-4-3-9-17(14)15(18)6-5-13-7-8-16-11-13/h12-14,16H,3-11H2,1-2H3. The van der Waals surface area contributed by atoms with Gasteiger partial charge in [-0.05, 0) is 57.0 Å². The molecule has 0 bridgehead atoms. The second-order valence-electron chi connectivity index (χ2n) is 6.41. The van der Waals surface area contributed by atoms with E-state index in [1.54, 1.807) is 0 Å². The minimum absolute atomic E-state index is 0.407. The summed E-state index contributed by atoms with van der Waals surface area (Å²) >= 11 is 0. The number of carbonyl (C=O) groups excluding carboxylic acids is 1. The van der Waals surface area contributed by atoms with Gasteiger partial charge in [0.1, 0.15) is 0 Å². The van der Waals surface area contributed by atoms with Crippen molar-refractivity contribution in [2.24, 2.45) is 11.8 Å². The molecule has 3 heteroatoms. The quantitative estimate of drug-likeness (QED) is 0.815. The number of amides is 1. The zero-order valence-electron chi connectivity index (χ0n) is 12.0. The van der Waals surface area contributed by atoms with Gasteiger partial charge in [-0.15, -0.1) is 0 Å². The maximum atomic E-state index is 12.3. The van der Waals surface area contributed by atoms with Crippen molar-refractivity contribution in [3.05, 3.63) is 0 Å². The van der Waals surface area contributed by atoms with Gasteiger partial charge >= 0.3 is 0 Å². The zero-order valence-corrected chi connectivity index (χ0v) is 12.0. The molecule has 2 unspecified atom stereocenters. The summed E-state index contributed by atoms with van der Waals surface area (Å²) in [5, 5.41) is 3.38. The Hall–Kier alpha value is -0.570. The highest BCUT2D eigenvalue weighted by Gasteiger charge is 2.29. The molecule has 2 aliphatic heterocycles. The summed E-state index contributed by atoms with van der Waals surface area (Å²) in [6.45, 7) is 7.76. The smallest absolute Gasteiger partial charge is 0.222 e. The molecule has 0 aromatic rings. The second kappa shape index (κ2) is 6.55. The van der Waals surface area contributed by atoms with E-state index in [9.17, 15) is 4.79 Å². The number of rotatable bonds is 5. The molecule has 0 spiro atoms. The lowest BCUT2D eigenvalue weighted by atomic mass is 10.00. The number of likely N-dealkylation sites (tertiary alicyclic amines) is 1. The monoisotopic (exact) mass is 252 g/mol. The van der Waals surface area contributed by atoms with E-state index >= 15 is 0 Å². The van der Waals surface area contributed by atoms with Gasteiger partial charge in [0.2, 0.25) is 5.91 Å². The van der Waals surface area contributed by atoms with E-state index < -0.39 is 0 Å². The van der Waals surface area contributed by atoms with Crippen molar-refractivity contribution in [2.75, 3.05) is 19.6 Å². The molecule has 104 valence electrons. The molecule has 2 fully saturated rings. The molecule has 2 saturated heterocycles. The Labute approximate surface area is 111 Å². The molecule has 2 rings (SSSR count). The van der Waals surface area contributed by atoms with Crippen molar-refractivity contribution in [1.29, 1.82) is 0 Å². The van der Waals surface area contributed by atoms with Crippen LogP contribution >= 0.6 is 0 Å². The van der Waals surface area contributed by atoms with E-state index in [1.165, 1.54) is 25.7 Å². The van der Waals surface area contributed by atoms with Gasteiger partial charge in [-0.1, -0.05) is 13.8 Å². The number of hydrogen-bond donors (Lipinski definition) is 1. The first kappa shape index (κ1) is 13.9. The Bertz CT molecular complexity index is 272. The van der Waals surface area contributed by atoms with E-state index in [4.69, 9.17) is 0 Å². The normalized spacial score (nSPS) is 28.3. The molecule has 0 aromatic heterocycles. The molecule has 0 aliphatic carbocycles. The van der Waals surface area contributed by atoms with Gasteiger partial charge in [-0.25, -0.2) is 0 Å². The van der Waals surface area contributed by atoms with Crippen molar-refractivity contribution < 1.29 is 4.79 Å². The molecule has 2 atom stereocenters. The highest BCUT2D eigenvalue weighted by atomic mass is 16.2. The van der Waals surface area contributed by atoms with E-state index in [1.807, 2.05) is 0 Å². The van der Waals surface area contributed by atoms with Gasteiger partial charge in [0.15, 0.2) is 0 Å². The average Bonchev–Trinajstić information content (AvgIpc) is 2.95. The zero-order chi connectivity index (χ0) is 13.0. The number of hydrogen-bond acceptors (Lipinski definition) is 2. The van der Waals surface area contributed by atoms with Gasteiger partial charge in [-0.3, -0.25) is 4.79 Å². The molecule has 0 aromatic carbocycles. The molecule has 0 radical (unpaired) electrons. The van der Waals surface area contributed by atoms with Crippen LogP contribution < -0.4 is 5.32 Å². The van der Waals surface area contributed by atoms with E-state index in [2.05, 4.69) is 24.1 Å². The average molecular weight is 252 g/mol.